The molecule has 0 unspecified atom stereocenters. The highest BCUT2D eigenvalue weighted by Crippen LogP contribution is 2.36. The van der Waals surface area contributed by atoms with Crippen LogP contribution in [0.3, 0.4) is 0 Å². The lowest BCUT2D eigenvalue weighted by Crippen LogP contribution is -2.26. The number of aliphatic imine (C=N–C) groups is 1. The lowest BCUT2D eigenvalue weighted by atomic mass is 9.94. The molecule has 0 aliphatic carbocycles. The van der Waals surface area contributed by atoms with Gasteiger partial charge in [-0.05, 0) is 86.0 Å². The molecule has 0 atom stereocenters. The summed E-state index contributed by atoms with van der Waals surface area (Å²) < 4.78 is 31.2. The van der Waals surface area contributed by atoms with Gasteiger partial charge in [0.15, 0.2) is 0 Å². The molecule has 4 aromatic carbocycles. The fraction of sp³-hybridized carbons (Fsp3) is 0.238. The number of anilines is 3. The number of esters is 1. The molecular formula is C42H41ClFN7O6. The van der Waals surface area contributed by atoms with E-state index in [2.05, 4.69) is 20.9 Å². The van der Waals surface area contributed by atoms with Gasteiger partial charge >= 0.3 is 5.97 Å². The molecular weight excluding hydrogens is 753 g/mol. The Kier molecular flexibility index (Phi) is 13.1. The average molecular weight is 794 g/mol. The van der Waals surface area contributed by atoms with Crippen molar-refractivity contribution in [2.45, 2.75) is 32.2 Å². The van der Waals surface area contributed by atoms with E-state index in [0.29, 0.717) is 87.4 Å². The van der Waals surface area contributed by atoms with Gasteiger partial charge in [0.1, 0.15) is 17.3 Å². The van der Waals surface area contributed by atoms with E-state index < -0.39 is 11.8 Å². The topological polar surface area (TPSA) is 179 Å². The summed E-state index contributed by atoms with van der Waals surface area (Å²) in [5.41, 5.74) is 11.4. The summed E-state index contributed by atoms with van der Waals surface area (Å²) in [5, 5.41) is 9.32. The first-order chi connectivity index (χ1) is 27.6. The molecule has 13 nitrogen and oxygen atoms in total. The normalized spacial score (nSPS) is 11.6. The highest BCUT2D eigenvalue weighted by molar-refractivity contribution is 6.31. The number of hydrogen-bond donors (Lipinski definition) is 4. The number of nitrogens with two attached hydrogens (primary N) is 1. The first-order valence-electron chi connectivity index (χ1n) is 18.1. The Labute approximate surface area is 333 Å². The molecule has 1 aromatic heterocycles. The van der Waals surface area contributed by atoms with Gasteiger partial charge in [0.05, 0.1) is 56.0 Å². The molecule has 0 radical (unpaired) electrons. The highest BCUT2D eigenvalue weighted by Gasteiger charge is 2.26. The predicted octanol–water partition coefficient (Wildman–Crippen LogP) is 6.87. The van der Waals surface area contributed by atoms with Crippen LogP contribution in [0.5, 0.6) is 11.5 Å². The minimum Gasteiger partial charge on any atom is -0.496 e. The Morgan fingerprint density at radius 3 is 2.46 bits per heavy atom. The van der Waals surface area contributed by atoms with Crippen molar-refractivity contribution in [3.63, 3.8) is 0 Å². The third-order valence-corrected chi connectivity index (χ3v) is 9.44. The summed E-state index contributed by atoms with van der Waals surface area (Å²) in [6, 6.07) is 19.9. The second kappa shape index (κ2) is 18.5. The van der Waals surface area contributed by atoms with Crippen LogP contribution in [-0.4, -0.2) is 67.9 Å². The van der Waals surface area contributed by atoms with Crippen molar-refractivity contribution in [2.24, 2.45) is 10.7 Å². The number of fused-ring (bicyclic) bond motifs is 3. The molecule has 0 saturated carbocycles. The van der Waals surface area contributed by atoms with Crippen LogP contribution in [0.4, 0.5) is 21.7 Å². The quantitative estimate of drug-likeness (QED) is 0.0646. The number of aryl methyl sites for hydroxylation is 1. The Morgan fingerprint density at radius 1 is 0.895 bits per heavy atom. The zero-order valence-corrected chi connectivity index (χ0v) is 32.3. The van der Waals surface area contributed by atoms with Crippen molar-refractivity contribution < 1.29 is 33.0 Å². The minimum atomic E-state index is -0.484. The van der Waals surface area contributed by atoms with E-state index in [-0.39, 0.29) is 42.8 Å². The van der Waals surface area contributed by atoms with Crippen molar-refractivity contribution in [2.75, 3.05) is 45.1 Å². The molecule has 57 heavy (non-hydrogen) atoms. The molecule has 1 aliphatic rings. The first kappa shape index (κ1) is 40.3. The number of halogens is 2. The van der Waals surface area contributed by atoms with Crippen molar-refractivity contribution in [3.8, 4) is 22.8 Å². The maximum absolute atomic E-state index is 15.3. The summed E-state index contributed by atoms with van der Waals surface area (Å²) in [6.07, 6.45) is 3.44. The Bertz CT molecular complexity index is 2350. The summed E-state index contributed by atoms with van der Waals surface area (Å²) in [7, 11) is 4.26. The van der Waals surface area contributed by atoms with E-state index in [1.54, 1.807) is 66.9 Å². The first-order valence-corrected chi connectivity index (χ1v) is 18.5. The fourth-order valence-electron chi connectivity index (χ4n) is 6.44. The van der Waals surface area contributed by atoms with Gasteiger partial charge in [-0.15, -0.1) is 0 Å². The van der Waals surface area contributed by atoms with Gasteiger partial charge in [-0.1, -0.05) is 23.7 Å². The van der Waals surface area contributed by atoms with Crippen molar-refractivity contribution in [3.05, 3.63) is 123 Å². The van der Waals surface area contributed by atoms with Gasteiger partial charge in [-0.2, -0.15) is 0 Å². The highest BCUT2D eigenvalue weighted by atomic mass is 35.5. The van der Waals surface area contributed by atoms with Crippen LogP contribution in [0.25, 0.3) is 11.3 Å². The van der Waals surface area contributed by atoms with Crippen LogP contribution in [0, 0.1) is 5.82 Å². The smallest absolute Gasteiger partial charge is 0.338 e. The Hall–Kier alpha value is -6.38. The predicted molar refractivity (Wildman–Crippen MR) is 216 cm³/mol. The average Bonchev–Trinajstić information content (AvgIpc) is 3.37. The summed E-state index contributed by atoms with van der Waals surface area (Å²) in [4.78, 5) is 52.1. The van der Waals surface area contributed by atoms with E-state index in [1.807, 2.05) is 6.07 Å². The van der Waals surface area contributed by atoms with Crippen molar-refractivity contribution in [1.29, 1.82) is 0 Å². The molecule has 2 heterocycles. The molecule has 0 bridgehead atoms. The molecule has 2 amide bonds. The number of amides is 2. The van der Waals surface area contributed by atoms with E-state index in [0.717, 1.165) is 11.1 Å². The Balaban J connectivity index is 1.10. The number of nitrogens with one attached hydrogen (secondary N) is 3. The van der Waals surface area contributed by atoms with Crippen LogP contribution in [-0.2, 0) is 22.5 Å². The lowest BCUT2D eigenvalue weighted by molar-refractivity contribution is -0.116. The molecule has 5 aromatic rings. The number of carbonyl (C=O) groups is 3. The second-order valence-electron chi connectivity index (χ2n) is 12.9. The van der Waals surface area contributed by atoms with Crippen LogP contribution < -0.4 is 31.2 Å². The molecule has 1 aliphatic heterocycles. The number of carbonyl (C=O) groups excluding carboxylic acids is 3. The van der Waals surface area contributed by atoms with Crippen LogP contribution in [0.2, 0.25) is 5.02 Å². The zero-order valence-electron chi connectivity index (χ0n) is 31.6. The molecule has 6 rings (SSSR count). The molecule has 0 spiro atoms. The third kappa shape index (κ3) is 9.36. The number of ether oxygens (including phenoxy) is 3. The summed E-state index contributed by atoms with van der Waals surface area (Å²) in [5.74, 6) is -0.635. The minimum absolute atomic E-state index is 0.153. The van der Waals surface area contributed by atoms with E-state index >= 15 is 4.39 Å². The van der Waals surface area contributed by atoms with Crippen LogP contribution in [0.15, 0.2) is 84.0 Å². The molecule has 294 valence electrons. The summed E-state index contributed by atoms with van der Waals surface area (Å²) >= 11 is 6.44. The number of methoxy groups -OCH3 is 3. The third-order valence-electron chi connectivity index (χ3n) is 9.21. The Morgan fingerprint density at radius 2 is 1.68 bits per heavy atom. The van der Waals surface area contributed by atoms with Crippen LogP contribution in [0.1, 0.15) is 62.2 Å². The second-order valence-corrected chi connectivity index (χ2v) is 13.4. The maximum atomic E-state index is 15.3. The molecule has 0 saturated heterocycles. The maximum Gasteiger partial charge on any atom is 0.338 e. The van der Waals surface area contributed by atoms with Gasteiger partial charge in [-0.25, -0.2) is 19.2 Å². The number of rotatable bonds is 15. The lowest BCUT2D eigenvalue weighted by Gasteiger charge is -2.15. The molecule has 5 N–H and O–H groups in total. The summed E-state index contributed by atoms with van der Waals surface area (Å²) in [6.45, 7) is 0.880. The van der Waals surface area contributed by atoms with Gasteiger partial charge in [0, 0.05) is 58.3 Å². The fourth-order valence-corrected chi connectivity index (χ4v) is 6.61. The van der Waals surface area contributed by atoms with Crippen molar-refractivity contribution >= 4 is 52.4 Å². The number of nitrogens with zero attached hydrogens (tertiary/aromatic N) is 3. The van der Waals surface area contributed by atoms with Gasteiger partial charge in [0.25, 0.3) is 5.91 Å². The zero-order chi connectivity index (χ0) is 40.5. The van der Waals surface area contributed by atoms with Crippen LogP contribution >= 0.6 is 11.6 Å². The van der Waals surface area contributed by atoms with E-state index in [1.165, 1.54) is 27.4 Å². The van der Waals surface area contributed by atoms with E-state index in [9.17, 15) is 14.4 Å². The van der Waals surface area contributed by atoms with E-state index in [4.69, 9.17) is 41.5 Å². The van der Waals surface area contributed by atoms with Gasteiger partial charge in [-0.3, -0.25) is 14.6 Å². The SMILES string of the molecule is COC(=O)c1ccc(NC(=O)CCCNC(=O)c2ccc(Nc3ncc4c(n3)-c3ccc(Cl)cc3C(c3c(F)cccc3OC)=NC4)cc2OC)cc1CCCN. The number of hydrogen-bond acceptors (Lipinski definition) is 11. The monoisotopic (exact) mass is 793 g/mol. The standard InChI is InChI=1S/C42H41ClFN7O6/c1-55-34-9-4-8-33(44)37(34)39-32-20-26(43)11-14-30(32)38-25(22-47-39)23-48-42(51-38)50-28-13-16-31(35(21-28)56-2)40(53)46-18-6-10-36(52)49-27-12-15-29(41(54)57-3)24(19-27)7-5-17-45/h4,8-9,11-16,19-21,23H,5-7,10,17-18,22,45H2,1-3H3,(H,46,53)(H,49,52)(H,48,50,51). The van der Waals surface area contributed by atoms with Gasteiger partial charge < -0.3 is 35.9 Å². The number of benzene rings is 4. The molecule has 15 heteroatoms. The van der Waals surface area contributed by atoms with Crippen molar-refractivity contribution in [1.82, 2.24) is 15.3 Å². The number of aromatic nitrogens is 2. The molecule has 0 fully saturated rings. The van der Waals surface area contributed by atoms with Gasteiger partial charge in [0.2, 0.25) is 11.9 Å². The largest absolute Gasteiger partial charge is 0.496 e.